The van der Waals surface area contributed by atoms with E-state index in [0.29, 0.717) is 10.7 Å². The molecule has 3 aromatic heterocycles. The molecule has 0 fully saturated rings. The van der Waals surface area contributed by atoms with Gasteiger partial charge in [0.1, 0.15) is 5.15 Å². The Labute approximate surface area is 114 Å². The molecule has 0 aromatic carbocycles. The van der Waals surface area contributed by atoms with Crippen LogP contribution in [0.5, 0.6) is 0 Å². The molecule has 94 valence electrons. The Bertz CT molecular complexity index is 779. The van der Waals surface area contributed by atoms with Crippen LogP contribution < -0.4 is 0 Å². The number of hydrogen-bond donors (Lipinski definition) is 0. The minimum atomic E-state index is 0.458. The maximum absolute atomic E-state index is 10.8. The Kier molecular flexibility index (Phi) is 2.80. The van der Waals surface area contributed by atoms with Crippen molar-refractivity contribution in [2.24, 2.45) is 7.05 Å². The fraction of sp³-hybridized carbons (Fsp3) is 0.0714. The molecule has 0 spiro atoms. The van der Waals surface area contributed by atoms with Gasteiger partial charge in [0.05, 0.1) is 11.2 Å². The summed E-state index contributed by atoms with van der Waals surface area (Å²) in [5.41, 5.74) is 3.40. The highest BCUT2D eigenvalue weighted by atomic mass is 35.5. The van der Waals surface area contributed by atoms with Crippen molar-refractivity contribution in [3.63, 3.8) is 0 Å². The van der Waals surface area contributed by atoms with Crippen LogP contribution >= 0.6 is 11.6 Å². The maximum atomic E-state index is 10.8. The first-order chi connectivity index (χ1) is 9.19. The van der Waals surface area contributed by atoms with Crippen molar-refractivity contribution in [2.75, 3.05) is 0 Å². The number of nitrogens with zero attached hydrogens (tertiary/aromatic N) is 3. The number of rotatable bonds is 2. The first-order valence-corrected chi connectivity index (χ1v) is 6.08. The average Bonchev–Trinajstić information content (AvgIpc) is 2.76. The quantitative estimate of drug-likeness (QED) is 0.531. The van der Waals surface area contributed by atoms with E-state index in [9.17, 15) is 4.79 Å². The number of halogens is 1. The highest BCUT2D eigenvalue weighted by molar-refractivity contribution is 6.30. The van der Waals surface area contributed by atoms with Crippen LogP contribution in [0.15, 0.2) is 36.8 Å². The van der Waals surface area contributed by atoms with Crippen LogP contribution in [0.1, 0.15) is 10.4 Å². The summed E-state index contributed by atoms with van der Waals surface area (Å²) in [4.78, 5) is 19.0. The normalized spacial score (nSPS) is 10.8. The Morgan fingerprint density at radius 2 is 2.05 bits per heavy atom. The molecule has 0 saturated carbocycles. The van der Waals surface area contributed by atoms with Crippen molar-refractivity contribution in [1.82, 2.24) is 14.5 Å². The van der Waals surface area contributed by atoms with Crippen LogP contribution in [-0.2, 0) is 7.05 Å². The van der Waals surface area contributed by atoms with Gasteiger partial charge < -0.3 is 4.57 Å². The molecule has 0 atom stereocenters. The monoisotopic (exact) mass is 271 g/mol. The third-order valence-electron chi connectivity index (χ3n) is 3.08. The lowest BCUT2D eigenvalue weighted by atomic mass is 10.1. The van der Waals surface area contributed by atoms with Crippen LogP contribution in [-0.4, -0.2) is 20.8 Å². The molecule has 0 aliphatic rings. The van der Waals surface area contributed by atoms with Gasteiger partial charge in [0.15, 0.2) is 6.29 Å². The van der Waals surface area contributed by atoms with Gasteiger partial charge in [0, 0.05) is 42.2 Å². The van der Waals surface area contributed by atoms with E-state index in [1.54, 1.807) is 12.4 Å². The number of pyridine rings is 2. The van der Waals surface area contributed by atoms with Crippen LogP contribution in [0.4, 0.5) is 0 Å². The fourth-order valence-electron chi connectivity index (χ4n) is 2.15. The molecule has 0 aliphatic carbocycles. The number of hydrogen-bond acceptors (Lipinski definition) is 3. The second-order valence-electron chi connectivity index (χ2n) is 4.28. The van der Waals surface area contributed by atoms with Crippen molar-refractivity contribution in [3.8, 4) is 11.3 Å². The molecule has 4 nitrogen and oxygen atoms in total. The molecule has 0 N–H and O–H groups in total. The SMILES string of the molecule is Cn1c(-c2cncc(C=O)c2)cc2cnc(Cl)cc21. The lowest BCUT2D eigenvalue weighted by Gasteiger charge is -2.04. The molecule has 3 aromatic rings. The van der Waals surface area contributed by atoms with Crippen LogP contribution in [0.3, 0.4) is 0 Å². The standard InChI is InChI=1S/C14H10ClN3O/c1-18-12(10-2-9(8-19)5-16-6-10)3-11-7-17-14(15)4-13(11)18/h2-8H,1H3. The van der Waals surface area contributed by atoms with Gasteiger partial charge in [-0.1, -0.05) is 11.6 Å². The van der Waals surface area contributed by atoms with Crippen LogP contribution in [0, 0.1) is 0 Å². The third-order valence-corrected chi connectivity index (χ3v) is 3.29. The highest BCUT2D eigenvalue weighted by Gasteiger charge is 2.09. The second-order valence-corrected chi connectivity index (χ2v) is 4.67. The topological polar surface area (TPSA) is 47.8 Å². The maximum Gasteiger partial charge on any atom is 0.151 e. The number of aryl methyl sites for hydroxylation is 1. The first-order valence-electron chi connectivity index (χ1n) is 5.70. The first kappa shape index (κ1) is 11.9. The number of aldehydes is 1. The number of carbonyl (C=O) groups excluding carboxylic acids is 1. The van der Waals surface area contributed by atoms with Gasteiger partial charge in [-0.15, -0.1) is 0 Å². The summed E-state index contributed by atoms with van der Waals surface area (Å²) < 4.78 is 2.01. The van der Waals surface area contributed by atoms with E-state index in [2.05, 4.69) is 9.97 Å². The zero-order valence-corrected chi connectivity index (χ0v) is 10.9. The van der Waals surface area contributed by atoms with Gasteiger partial charge >= 0.3 is 0 Å². The molecule has 0 unspecified atom stereocenters. The molecule has 0 aliphatic heterocycles. The van der Waals surface area contributed by atoms with Gasteiger partial charge in [-0.2, -0.15) is 0 Å². The largest absolute Gasteiger partial charge is 0.343 e. The predicted octanol–water partition coefficient (Wildman–Crippen LogP) is 3.10. The van der Waals surface area contributed by atoms with Crippen molar-refractivity contribution in [3.05, 3.63) is 47.5 Å². The average molecular weight is 272 g/mol. The summed E-state index contributed by atoms with van der Waals surface area (Å²) in [6, 6.07) is 5.63. The molecule has 0 radical (unpaired) electrons. The van der Waals surface area contributed by atoms with Crippen molar-refractivity contribution in [1.29, 1.82) is 0 Å². The molecular weight excluding hydrogens is 262 g/mol. The van der Waals surface area contributed by atoms with Gasteiger partial charge in [-0.3, -0.25) is 9.78 Å². The zero-order valence-electron chi connectivity index (χ0n) is 10.2. The molecule has 3 rings (SSSR count). The minimum absolute atomic E-state index is 0.458. The highest BCUT2D eigenvalue weighted by Crippen LogP contribution is 2.27. The number of aromatic nitrogens is 3. The Morgan fingerprint density at radius 1 is 1.21 bits per heavy atom. The van der Waals surface area contributed by atoms with Crippen LogP contribution in [0.2, 0.25) is 5.15 Å². The molecule has 3 heterocycles. The second kappa shape index (κ2) is 4.48. The zero-order chi connectivity index (χ0) is 13.4. The lowest BCUT2D eigenvalue weighted by Crippen LogP contribution is -1.93. The smallest absolute Gasteiger partial charge is 0.151 e. The van der Waals surface area contributed by atoms with E-state index in [4.69, 9.17) is 11.6 Å². The third kappa shape index (κ3) is 2.00. The summed E-state index contributed by atoms with van der Waals surface area (Å²) in [5, 5.41) is 1.46. The van der Waals surface area contributed by atoms with Crippen LogP contribution in [0.25, 0.3) is 22.2 Å². The Hall–Kier alpha value is -2.20. The molecule has 0 saturated heterocycles. The predicted molar refractivity (Wildman–Crippen MR) is 74.3 cm³/mol. The molecular formula is C14H10ClN3O. The van der Waals surface area contributed by atoms with Gasteiger partial charge in [0.25, 0.3) is 0 Å². The molecule has 5 heteroatoms. The minimum Gasteiger partial charge on any atom is -0.343 e. The molecule has 0 amide bonds. The number of carbonyl (C=O) groups is 1. The van der Waals surface area contributed by atoms with Gasteiger partial charge in [-0.05, 0) is 18.2 Å². The van der Waals surface area contributed by atoms with Gasteiger partial charge in [-0.25, -0.2) is 4.98 Å². The number of fused-ring (bicyclic) bond motifs is 1. The van der Waals surface area contributed by atoms with Crippen molar-refractivity contribution in [2.45, 2.75) is 0 Å². The van der Waals surface area contributed by atoms with E-state index >= 15 is 0 Å². The van der Waals surface area contributed by atoms with E-state index in [1.165, 1.54) is 6.20 Å². The van der Waals surface area contributed by atoms with E-state index in [-0.39, 0.29) is 0 Å². The Morgan fingerprint density at radius 3 is 2.84 bits per heavy atom. The van der Waals surface area contributed by atoms with E-state index < -0.39 is 0 Å². The van der Waals surface area contributed by atoms with E-state index in [0.717, 1.165) is 28.4 Å². The fourth-order valence-corrected chi connectivity index (χ4v) is 2.30. The van der Waals surface area contributed by atoms with Crippen molar-refractivity contribution >= 4 is 28.8 Å². The van der Waals surface area contributed by atoms with Gasteiger partial charge in [0.2, 0.25) is 0 Å². The summed E-state index contributed by atoms with van der Waals surface area (Å²) in [5.74, 6) is 0. The van der Waals surface area contributed by atoms with Crippen molar-refractivity contribution < 1.29 is 4.79 Å². The summed E-state index contributed by atoms with van der Waals surface area (Å²) >= 11 is 5.91. The molecule has 19 heavy (non-hydrogen) atoms. The van der Waals surface area contributed by atoms with E-state index in [1.807, 2.05) is 29.8 Å². The Balaban J connectivity index is 2.24. The summed E-state index contributed by atoms with van der Waals surface area (Å²) in [6.45, 7) is 0. The molecule has 0 bridgehead atoms. The summed E-state index contributed by atoms with van der Waals surface area (Å²) in [6.07, 6.45) is 5.80. The summed E-state index contributed by atoms with van der Waals surface area (Å²) in [7, 11) is 1.95. The lowest BCUT2D eigenvalue weighted by molar-refractivity contribution is 0.112.